The Morgan fingerprint density at radius 1 is 1.29 bits per heavy atom. The lowest BCUT2D eigenvalue weighted by Gasteiger charge is -1.96. The van der Waals surface area contributed by atoms with Gasteiger partial charge in [0.05, 0.1) is 0 Å². The molecule has 0 saturated carbocycles. The van der Waals surface area contributed by atoms with E-state index < -0.39 is 0 Å². The summed E-state index contributed by atoms with van der Waals surface area (Å²) in [5.74, 6) is 0. The van der Waals surface area contributed by atoms with Gasteiger partial charge in [0.25, 0.3) is 6.47 Å². The molecule has 0 aliphatic heterocycles. The Morgan fingerprint density at radius 2 is 1.79 bits per heavy atom. The molecular weight excluding hydrogens is 178 g/mol. The van der Waals surface area contributed by atoms with Gasteiger partial charge in [-0.1, -0.05) is 23.3 Å². The van der Waals surface area contributed by atoms with Crippen LogP contribution in [0.4, 0.5) is 0 Å². The molecule has 0 amide bonds. The fourth-order valence-electron chi connectivity index (χ4n) is 0.892. The van der Waals surface area contributed by atoms with Crippen LogP contribution in [0.15, 0.2) is 23.3 Å². The number of hydrogen-bond acceptors (Lipinski definition) is 2. The highest BCUT2D eigenvalue weighted by Gasteiger charge is 1.86. The number of nitrogens with two attached hydrogens (primary N) is 1. The van der Waals surface area contributed by atoms with Crippen molar-refractivity contribution < 1.29 is 9.90 Å². The van der Waals surface area contributed by atoms with E-state index >= 15 is 0 Å². The monoisotopic (exact) mass is 199 g/mol. The molecule has 0 fully saturated rings. The summed E-state index contributed by atoms with van der Waals surface area (Å²) in [6.07, 6.45) is 6.62. The first-order chi connectivity index (χ1) is 6.58. The maximum Gasteiger partial charge on any atom is 0.290 e. The summed E-state index contributed by atoms with van der Waals surface area (Å²) in [5, 5.41) is 6.89. The highest BCUT2D eigenvalue weighted by molar-refractivity contribution is 5.32. The number of carbonyl (C=O) groups is 1. The second-order valence-corrected chi connectivity index (χ2v) is 3.21. The maximum atomic E-state index is 8.36. The molecule has 3 nitrogen and oxygen atoms in total. The minimum absolute atomic E-state index is 0.250. The summed E-state index contributed by atoms with van der Waals surface area (Å²) in [7, 11) is 0. The first kappa shape index (κ1) is 15.4. The lowest BCUT2D eigenvalue weighted by Crippen LogP contribution is -1.94. The van der Waals surface area contributed by atoms with Gasteiger partial charge in [0.2, 0.25) is 0 Å². The Balaban J connectivity index is 0. The van der Waals surface area contributed by atoms with Crippen molar-refractivity contribution in [3.63, 3.8) is 0 Å². The number of hydrogen-bond donors (Lipinski definition) is 2. The molecule has 14 heavy (non-hydrogen) atoms. The lowest BCUT2D eigenvalue weighted by atomic mass is 10.1. The van der Waals surface area contributed by atoms with E-state index in [-0.39, 0.29) is 6.47 Å². The standard InChI is InChI=1S/C10H19N.CH2O2/c1-9(2)5-4-6-10(3)7-8-11;2-1-3/h5,7H,4,6,8,11H2,1-3H3;1H,(H,2,3)/b10-7+;. The van der Waals surface area contributed by atoms with E-state index in [4.69, 9.17) is 15.6 Å². The van der Waals surface area contributed by atoms with Crippen LogP contribution in [0.2, 0.25) is 0 Å². The van der Waals surface area contributed by atoms with E-state index in [9.17, 15) is 0 Å². The minimum atomic E-state index is -0.250. The molecule has 0 aromatic carbocycles. The Labute approximate surface area is 86.3 Å². The minimum Gasteiger partial charge on any atom is -0.483 e. The van der Waals surface area contributed by atoms with Crippen molar-refractivity contribution in [1.82, 2.24) is 0 Å². The Morgan fingerprint density at radius 3 is 2.14 bits per heavy atom. The predicted octanol–water partition coefficient (Wildman–Crippen LogP) is 2.34. The van der Waals surface area contributed by atoms with Crippen molar-refractivity contribution in [3.05, 3.63) is 23.3 Å². The zero-order valence-corrected chi connectivity index (χ0v) is 9.29. The van der Waals surface area contributed by atoms with E-state index in [2.05, 4.69) is 32.9 Å². The molecule has 3 N–H and O–H groups in total. The molecule has 0 unspecified atom stereocenters. The molecular formula is C11H21NO2. The number of carboxylic acid groups (broad SMARTS) is 1. The van der Waals surface area contributed by atoms with Gasteiger partial charge in [-0.2, -0.15) is 0 Å². The smallest absolute Gasteiger partial charge is 0.290 e. The fourth-order valence-corrected chi connectivity index (χ4v) is 0.892. The maximum absolute atomic E-state index is 8.36. The molecule has 0 heterocycles. The van der Waals surface area contributed by atoms with Crippen molar-refractivity contribution in [2.45, 2.75) is 33.6 Å². The molecule has 0 rings (SSSR count). The van der Waals surface area contributed by atoms with Crippen molar-refractivity contribution in [1.29, 1.82) is 0 Å². The van der Waals surface area contributed by atoms with Crippen LogP contribution in [0.25, 0.3) is 0 Å². The molecule has 82 valence electrons. The second kappa shape index (κ2) is 11.9. The topological polar surface area (TPSA) is 63.3 Å². The molecule has 0 aliphatic carbocycles. The van der Waals surface area contributed by atoms with Crippen LogP contribution in [-0.2, 0) is 4.79 Å². The van der Waals surface area contributed by atoms with Crippen LogP contribution >= 0.6 is 0 Å². The third-order valence-corrected chi connectivity index (χ3v) is 1.56. The number of rotatable bonds is 4. The molecule has 0 aliphatic rings. The molecule has 0 spiro atoms. The normalized spacial score (nSPS) is 9.86. The Hall–Kier alpha value is -1.09. The molecule has 0 aromatic heterocycles. The van der Waals surface area contributed by atoms with Gasteiger partial charge < -0.3 is 10.8 Å². The van der Waals surface area contributed by atoms with Crippen LogP contribution in [0.1, 0.15) is 33.6 Å². The summed E-state index contributed by atoms with van der Waals surface area (Å²) in [4.78, 5) is 8.36. The molecule has 0 saturated heterocycles. The van der Waals surface area contributed by atoms with E-state index in [0.29, 0.717) is 6.54 Å². The van der Waals surface area contributed by atoms with Gasteiger partial charge >= 0.3 is 0 Å². The van der Waals surface area contributed by atoms with Gasteiger partial charge in [-0.05, 0) is 33.6 Å². The lowest BCUT2D eigenvalue weighted by molar-refractivity contribution is -0.122. The zero-order chi connectivity index (χ0) is 11.4. The van der Waals surface area contributed by atoms with Crippen molar-refractivity contribution in [2.24, 2.45) is 5.73 Å². The van der Waals surface area contributed by atoms with Crippen LogP contribution < -0.4 is 5.73 Å². The zero-order valence-electron chi connectivity index (χ0n) is 9.29. The Bertz CT molecular complexity index is 191. The number of allylic oxidation sites excluding steroid dienone is 3. The summed E-state index contributed by atoms with van der Waals surface area (Å²) >= 11 is 0. The summed E-state index contributed by atoms with van der Waals surface area (Å²) in [6.45, 7) is 6.80. The summed E-state index contributed by atoms with van der Waals surface area (Å²) < 4.78 is 0. The first-order valence-electron chi connectivity index (χ1n) is 4.65. The SMILES string of the molecule is CC(C)=CCC/C(C)=C/CN.O=CO. The van der Waals surface area contributed by atoms with Gasteiger partial charge in [-0.15, -0.1) is 0 Å². The van der Waals surface area contributed by atoms with Crippen molar-refractivity contribution in [3.8, 4) is 0 Å². The molecule has 0 bridgehead atoms. The van der Waals surface area contributed by atoms with Crippen LogP contribution in [0, 0.1) is 0 Å². The third kappa shape index (κ3) is 17.1. The van der Waals surface area contributed by atoms with E-state index in [0.717, 1.165) is 12.8 Å². The molecule has 0 aromatic rings. The molecule has 0 radical (unpaired) electrons. The Kier molecular flexibility index (Phi) is 13.1. The predicted molar refractivity (Wildman–Crippen MR) is 60.2 cm³/mol. The largest absolute Gasteiger partial charge is 0.483 e. The van der Waals surface area contributed by atoms with E-state index in [1.807, 2.05) is 0 Å². The van der Waals surface area contributed by atoms with Crippen molar-refractivity contribution in [2.75, 3.05) is 6.54 Å². The average Bonchev–Trinajstić information content (AvgIpc) is 2.05. The van der Waals surface area contributed by atoms with Gasteiger partial charge in [0, 0.05) is 6.54 Å². The van der Waals surface area contributed by atoms with E-state index in [1.165, 1.54) is 11.1 Å². The average molecular weight is 199 g/mol. The van der Waals surface area contributed by atoms with Gasteiger partial charge in [0.15, 0.2) is 0 Å². The van der Waals surface area contributed by atoms with E-state index in [1.54, 1.807) is 0 Å². The summed E-state index contributed by atoms with van der Waals surface area (Å²) in [5.41, 5.74) is 8.16. The van der Waals surface area contributed by atoms with Crippen molar-refractivity contribution >= 4 is 6.47 Å². The molecule has 0 atom stereocenters. The summed E-state index contributed by atoms with van der Waals surface area (Å²) in [6, 6.07) is 0. The van der Waals surface area contributed by atoms with Gasteiger partial charge in [0.1, 0.15) is 0 Å². The highest BCUT2D eigenvalue weighted by atomic mass is 16.3. The van der Waals surface area contributed by atoms with Gasteiger partial charge in [-0.3, -0.25) is 4.79 Å². The quantitative estimate of drug-likeness (QED) is 0.539. The highest BCUT2D eigenvalue weighted by Crippen LogP contribution is 2.05. The van der Waals surface area contributed by atoms with Gasteiger partial charge in [-0.25, -0.2) is 0 Å². The fraction of sp³-hybridized carbons (Fsp3) is 0.545. The first-order valence-corrected chi connectivity index (χ1v) is 4.65. The third-order valence-electron chi connectivity index (χ3n) is 1.56. The molecule has 3 heteroatoms. The second-order valence-electron chi connectivity index (χ2n) is 3.21. The van der Waals surface area contributed by atoms with Crippen LogP contribution in [0.3, 0.4) is 0 Å². The van der Waals surface area contributed by atoms with Crippen LogP contribution in [0.5, 0.6) is 0 Å². The van der Waals surface area contributed by atoms with Crippen LogP contribution in [-0.4, -0.2) is 18.1 Å².